The highest BCUT2D eigenvalue weighted by Crippen LogP contribution is 2.16. The third-order valence-electron chi connectivity index (χ3n) is 2.42. The van der Waals surface area contributed by atoms with Gasteiger partial charge in [-0.3, -0.25) is 9.00 Å². The Bertz CT molecular complexity index is 477. The Morgan fingerprint density at radius 3 is 2.78 bits per heavy atom. The molecule has 1 rings (SSSR count). The van der Waals surface area contributed by atoms with Crippen LogP contribution >= 0.6 is 0 Å². The Balaban J connectivity index is 2.64. The zero-order valence-electron chi connectivity index (χ0n) is 10.5. The summed E-state index contributed by atoms with van der Waals surface area (Å²) in [6.45, 7) is 1.93. The molecule has 0 aliphatic rings. The van der Waals surface area contributed by atoms with Gasteiger partial charge in [-0.2, -0.15) is 0 Å². The number of nitrogen functional groups attached to an aromatic ring is 1. The molecule has 0 heterocycles. The van der Waals surface area contributed by atoms with E-state index >= 15 is 0 Å². The van der Waals surface area contributed by atoms with Gasteiger partial charge in [0.05, 0.1) is 5.56 Å². The second kappa shape index (κ2) is 6.49. The van der Waals surface area contributed by atoms with Gasteiger partial charge in [0.2, 0.25) is 0 Å². The first kappa shape index (κ1) is 14.6. The molecule has 3 N–H and O–H groups in total. The van der Waals surface area contributed by atoms with Crippen LogP contribution in [0.2, 0.25) is 0 Å². The van der Waals surface area contributed by atoms with Crippen molar-refractivity contribution in [2.24, 2.45) is 0 Å². The predicted molar refractivity (Wildman–Crippen MR) is 71.4 cm³/mol. The van der Waals surface area contributed by atoms with Gasteiger partial charge in [0.1, 0.15) is 5.82 Å². The van der Waals surface area contributed by atoms with Crippen LogP contribution in [0, 0.1) is 12.7 Å². The lowest BCUT2D eigenvalue weighted by molar-refractivity contribution is 0.0949. The van der Waals surface area contributed by atoms with E-state index in [1.54, 1.807) is 13.2 Å². The largest absolute Gasteiger partial charge is 0.399 e. The number of anilines is 1. The first-order valence-electron chi connectivity index (χ1n) is 5.55. The van der Waals surface area contributed by atoms with Crippen LogP contribution < -0.4 is 11.1 Å². The molecule has 0 aliphatic heterocycles. The molecular formula is C12H17FN2O2S. The summed E-state index contributed by atoms with van der Waals surface area (Å²) in [5, 5.41) is 2.58. The van der Waals surface area contributed by atoms with E-state index in [2.05, 4.69) is 5.32 Å². The van der Waals surface area contributed by atoms with Crippen molar-refractivity contribution in [3.8, 4) is 0 Å². The quantitative estimate of drug-likeness (QED) is 0.625. The van der Waals surface area contributed by atoms with Gasteiger partial charge in [-0.05, 0) is 31.0 Å². The molecule has 1 amide bonds. The fourth-order valence-electron chi connectivity index (χ4n) is 1.54. The third-order valence-corrected chi connectivity index (χ3v) is 3.28. The number of hydrogen-bond donors (Lipinski definition) is 2. The Kier molecular flexibility index (Phi) is 5.27. The van der Waals surface area contributed by atoms with Gasteiger partial charge in [-0.1, -0.05) is 0 Å². The summed E-state index contributed by atoms with van der Waals surface area (Å²) >= 11 is 0. The molecule has 0 aliphatic carbocycles. The molecule has 18 heavy (non-hydrogen) atoms. The van der Waals surface area contributed by atoms with Crippen LogP contribution in [0.25, 0.3) is 0 Å². The monoisotopic (exact) mass is 272 g/mol. The minimum absolute atomic E-state index is 0.0508. The number of nitrogens with two attached hydrogens (primary N) is 1. The predicted octanol–water partition coefficient (Wildman–Crippen LogP) is 1.21. The van der Waals surface area contributed by atoms with Crippen LogP contribution in [0.1, 0.15) is 22.3 Å². The summed E-state index contributed by atoms with van der Waals surface area (Å²) in [4.78, 5) is 11.7. The smallest absolute Gasteiger partial charge is 0.254 e. The molecule has 4 nitrogen and oxygen atoms in total. The zero-order valence-corrected chi connectivity index (χ0v) is 11.3. The summed E-state index contributed by atoms with van der Waals surface area (Å²) in [6, 6.07) is 2.79. The molecule has 1 aromatic rings. The van der Waals surface area contributed by atoms with Crippen molar-refractivity contribution in [2.75, 3.05) is 24.3 Å². The number of rotatable bonds is 5. The maximum Gasteiger partial charge on any atom is 0.254 e. The van der Waals surface area contributed by atoms with Crippen LogP contribution in [-0.4, -0.2) is 28.7 Å². The lowest BCUT2D eigenvalue weighted by Crippen LogP contribution is -2.26. The van der Waals surface area contributed by atoms with Crippen LogP contribution in [0.4, 0.5) is 10.1 Å². The summed E-state index contributed by atoms with van der Waals surface area (Å²) in [5.74, 6) is -0.538. The maximum atomic E-state index is 13.7. The molecule has 1 aromatic carbocycles. The number of halogens is 1. The van der Waals surface area contributed by atoms with Crippen molar-refractivity contribution in [2.45, 2.75) is 13.3 Å². The lowest BCUT2D eigenvalue weighted by Gasteiger charge is -2.08. The van der Waals surface area contributed by atoms with Crippen LogP contribution in [0.3, 0.4) is 0 Å². The maximum absolute atomic E-state index is 13.7. The summed E-state index contributed by atoms with van der Waals surface area (Å²) < 4.78 is 24.5. The number of hydrogen-bond acceptors (Lipinski definition) is 3. The second-order valence-corrected chi connectivity index (χ2v) is 5.64. The third kappa shape index (κ3) is 4.10. The van der Waals surface area contributed by atoms with E-state index in [4.69, 9.17) is 5.73 Å². The van der Waals surface area contributed by atoms with Crippen LogP contribution in [-0.2, 0) is 10.8 Å². The highest BCUT2D eigenvalue weighted by molar-refractivity contribution is 7.84. The van der Waals surface area contributed by atoms with E-state index in [1.807, 2.05) is 0 Å². The second-order valence-electron chi connectivity index (χ2n) is 4.09. The molecule has 1 unspecified atom stereocenters. The Morgan fingerprint density at radius 1 is 1.50 bits per heavy atom. The summed E-state index contributed by atoms with van der Waals surface area (Å²) in [6.07, 6.45) is 2.19. The molecule has 0 bridgehead atoms. The van der Waals surface area contributed by atoms with Crippen molar-refractivity contribution >= 4 is 22.4 Å². The van der Waals surface area contributed by atoms with Crippen molar-refractivity contribution < 1.29 is 13.4 Å². The van der Waals surface area contributed by atoms with Gasteiger partial charge < -0.3 is 11.1 Å². The van der Waals surface area contributed by atoms with E-state index in [9.17, 15) is 13.4 Å². The van der Waals surface area contributed by atoms with E-state index in [0.717, 1.165) is 0 Å². The molecule has 100 valence electrons. The van der Waals surface area contributed by atoms with Gasteiger partial charge in [-0.25, -0.2) is 4.39 Å². The molecule has 6 heteroatoms. The molecular weight excluding hydrogens is 255 g/mol. The summed E-state index contributed by atoms with van der Waals surface area (Å²) in [7, 11) is -0.882. The van der Waals surface area contributed by atoms with Gasteiger partial charge in [-0.15, -0.1) is 0 Å². The van der Waals surface area contributed by atoms with Crippen molar-refractivity contribution in [1.82, 2.24) is 5.32 Å². The Morgan fingerprint density at radius 2 is 2.17 bits per heavy atom. The average molecular weight is 272 g/mol. The fraction of sp³-hybridized carbons (Fsp3) is 0.417. The van der Waals surface area contributed by atoms with E-state index in [0.29, 0.717) is 30.0 Å². The highest BCUT2D eigenvalue weighted by Gasteiger charge is 2.14. The zero-order chi connectivity index (χ0) is 13.7. The molecule has 1 atom stereocenters. The first-order valence-corrected chi connectivity index (χ1v) is 7.28. The molecule has 0 radical (unpaired) electrons. The molecule has 0 aromatic heterocycles. The highest BCUT2D eigenvalue weighted by atomic mass is 32.2. The fourth-order valence-corrected chi connectivity index (χ4v) is 2.09. The number of nitrogens with one attached hydrogen (secondary N) is 1. The van der Waals surface area contributed by atoms with E-state index in [1.165, 1.54) is 12.1 Å². The van der Waals surface area contributed by atoms with Gasteiger partial charge in [0.15, 0.2) is 0 Å². The molecule has 0 saturated carbocycles. The summed E-state index contributed by atoms with van der Waals surface area (Å²) in [5.41, 5.74) is 6.22. The molecule has 0 saturated heterocycles. The molecule has 0 spiro atoms. The Hall–Kier alpha value is -1.43. The number of carbonyl (C=O) groups excluding carboxylic acids is 1. The van der Waals surface area contributed by atoms with Crippen LogP contribution in [0.15, 0.2) is 12.1 Å². The van der Waals surface area contributed by atoms with Crippen molar-refractivity contribution in [3.05, 3.63) is 29.1 Å². The lowest BCUT2D eigenvalue weighted by atomic mass is 10.1. The average Bonchev–Trinajstić information content (AvgIpc) is 2.28. The van der Waals surface area contributed by atoms with E-state index in [-0.39, 0.29) is 5.56 Å². The number of aryl methyl sites for hydroxylation is 1. The minimum atomic E-state index is -0.882. The number of amides is 1. The van der Waals surface area contributed by atoms with Crippen molar-refractivity contribution in [3.63, 3.8) is 0 Å². The first-order chi connectivity index (χ1) is 8.41. The molecule has 0 fully saturated rings. The minimum Gasteiger partial charge on any atom is -0.399 e. The van der Waals surface area contributed by atoms with Gasteiger partial charge >= 0.3 is 0 Å². The topological polar surface area (TPSA) is 72.2 Å². The normalized spacial score (nSPS) is 12.2. The number of benzene rings is 1. The van der Waals surface area contributed by atoms with Gasteiger partial charge in [0.25, 0.3) is 5.91 Å². The van der Waals surface area contributed by atoms with Gasteiger partial charge in [0, 0.05) is 35.0 Å². The standard InChI is InChI=1S/C12H17FN2O2S/c1-8-6-9(14)7-10(11(8)13)12(16)15-4-3-5-18(2)17/h6-7H,3-5,14H2,1-2H3,(H,15,16). The SMILES string of the molecule is Cc1cc(N)cc(C(=O)NCCCS(C)=O)c1F. The Labute approximate surface area is 108 Å². The number of carbonyl (C=O) groups is 1. The van der Waals surface area contributed by atoms with E-state index < -0.39 is 22.5 Å². The van der Waals surface area contributed by atoms with Crippen molar-refractivity contribution in [1.29, 1.82) is 0 Å². The van der Waals surface area contributed by atoms with Crippen LogP contribution in [0.5, 0.6) is 0 Å².